The minimum atomic E-state index is -0.315. The lowest BCUT2D eigenvalue weighted by Gasteiger charge is -2.09. The minimum absolute atomic E-state index is 0.315. The van der Waals surface area contributed by atoms with Crippen LogP contribution in [0.3, 0.4) is 0 Å². The average Bonchev–Trinajstić information content (AvgIpc) is 2.56. The molecule has 4 heteroatoms. The highest BCUT2D eigenvalue weighted by Gasteiger charge is 2.15. The summed E-state index contributed by atoms with van der Waals surface area (Å²) in [6.07, 6.45) is 4.44. The molecule has 2 heterocycles. The van der Waals surface area contributed by atoms with Gasteiger partial charge in [0, 0.05) is 11.8 Å². The molecule has 0 aromatic carbocycles. The molecule has 0 saturated carbocycles. The molecule has 0 aliphatic carbocycles. The van der Waals surface area contributed by atoms with Crippen LogP contribution in [0.4, 0.5) is 0 Å². The first-order valence-electron chi connectivity index (χ1n) is 3.43. The predicted octanol–water partition coefficient (Wildman–Crippen LogP) is 2.36. The van der Waals surface area contributed by atoms with E-state index >= 15 is 0 Å². The molecule has 0 N–H and O–H groups in total. The van der Waals surface area contributed by atoms with Crippen LogP contribution in [-0.2, 0) is 9.47 Å². The highest BCUT2D eigenvalue weighted by Crippen LogP contribution is 2.24. The fourth-order valence-electron chi connectivity index (χ4n) is 0.960. The molecule has 0 fully saturated rings. The summed E-state index contributed by atoms with van der Waals surface area (Å²) in [6.45, 7) is 0. The largest absolute Gasteiger partial charge is 0.455 e. The average molecular weight is 228 g/mol. The quantitative estimate of drug-likeness (QED) is 0.691. The number of hydrogen-bond donors (Lipinski definition) is 0. The second kappa shape index (κ2) is 3.15. The Bertz CT molecular complexity index is 306. The Morgan fingerprint density at radius 2 is 2.08 bits per heavy atom. The smallest absolute Gasteiger partial charge is 0.266 e. The zero-order valence-electron chi connectivity index (χ0n) is 6.11. The lowest BCUT2D eigenvalue weighted by atomic mass is 10.3. The Morgan fingerprint density at radius 3 is 2.75 bits per heavy atom. The van der Waals surface area contributed by atoms with Crippen LogP contribution in [0.5, 0.6) is 0 Å². The van der Waals surface area contributed by atoms with E-state index in [1.54, 1.807) is 6.20 Å². The molecular formula is C8H6BrNO2. The summed E-state index contributed by atoms with van der Waals surface area (Å²) in [5.41, 5.74) is 0.946. The summed E-state index contributed by atoms with van der Waals surface area (Å²) < 4.78 is 11.1. The van der Waals surface area contributed by atoms with E-state index in [0.717, 1.165) is 10.2 Å². The minimum Gasteiger partial charge on any atom is -0.455 e. The van der Waals surface area contributed by atoms with Gasteiger partial charge in [-0.3, -0.25) is 0 Å². The normalized spacial score (nSPS) is 15.8. The van der Waals surface area contributed by atoms with Crippen LogP contribution in [0.2, 0.25) is 0 Å². The highest BCUT2D eigenvalue weighted by molar-refractivity contribution is 9.10. The van der Waals surface area contributed by atoms with Crippen LogP contribution < -0.4 is 0 Å². The number of pyridine rings is 1. The van der Waals surface area contributed by atoms with Gasteiger partial charge in [0.25, 0.3) is 6.29 Å². The van der Waals surface area contributed by atoms with Gasteiger partial charge < -0.3 is 9.47 Å². The van der Waals surface area contributed by atoms with Crippen LogP contribution >= 0.6 is 15.9 Å². The Morgan fingerprint density at radius 1 is 1.33 bits per heavy atom. The van der Waals surface area contributed by atoms with E-state index in [0.29, 0.717) is 0 Å². The maximum absolute atomic E-state index is 5.14. The molecule has 0 unspecified atom stereocenters. The summed E-state index contributed by atoms with van der Waals surface area (Å²) in [6, 6.07) is 3.71. The van der Waals surface area contributed by atoms with Gasteiger partial charge in [0.15, 0.2) is 0 Å². The fraction of sp³-hybridized carbons (Fsp3) is 0.125. The molecule has 1 aliphatic rings. The van der Waals surface area contributed by atoms with Gasteiger partial charge in [-0.05, 0) is 28.1 Å². The predicted molar refractivity (Wildman–Crippen MR) is 46.0 cm³/mol. The van der Waals surface area contributed by atoms with E-state index in [1.165, 1.54) is 12.5 Å². The maximum atomic E-state index is 5.14. The van der Waals surface area contributed by atoms with Crippen molar-refractivity contribution in [3.05, 3.63) is 41.0 Å². The zero-order chi connectivity index (χ0) is 8.39. The van der Waals surface area contributed by atoms with Gasteiger partial charge in [0.05, 0.1) is 0 Å². The highest BCUT2D eigenvalue weighted by atomic mass is 79.9. The van der Waals surface area contributed by atoms with E-state index in [2.05, 4.69) is 20.9 Å². The number of hydrogen-bond acceptors (Lipinski definition) is 3. The molecule has 1 aromatic rings. The molecule has 0 amide bonds. The van der Waals surface area contributed by atoms with Gasteiger partial charge in [0.1, 0.15) is 17.1 Å². The first kappa shape index (κ1) is 7.61. The van der Waals surface area contributed by atoms with Crippen molar-refractivity contribution in [3.8, 4) is 0 Å². The summed E-state index contributed by atoms with van der Waals surface area (Å²) in [7, 11) is 0. The maximum Gasteiger partial charge on any atom is 0.266 e. The van der Waals surface area contributed by atoms with Crippen LogP contribution in [0.25, 0.3) is 0 Å². The molecule has 0 atom stereocenters. The van der Waals surface area contributed by atoms with Crippen molar-refractivity contribution in [2.24, 2.45) is 0 Å². The summed E-state index contributed by atoms with van der Waals surface area (Å²) in [5, 5.41) is 0. The third-order valence-corrected chi connectivity index (χ3v) is 1.92. The van der Waals surface area contributed by atoms with Gasteiger partial charge in [-0.1, -0.05) is 0 Å². The molecule has 1 aromatic heterocycles. The molecule has 0 saturated heterocycles. The molecule has 0 spiro atoms. The lowest BCUT2D eigenvalue weighted by Crippen LogP contribution is -1.97. The molecule has 3 nitrogen and oxygen atoms in total. The summed E-state index contributed by atoms with van der Waals surface area (Å²) >= 11 is 3.27. The second-order valence-corrected chi connectivity index (χ2v) is 3.10. The third kappa shape index (κ3) is 1.43. The van der Waals surface area contributed by atoms with Crippen molar-refractivity contribution < 1.29 is 9.47 Å². The zero-order valence-corrected chi connectivity index (χ0v) is 7.69. The first-order chi connectivity index (χ1) is 5.86. The number of rotatable bonds is 1. The first-order valence-corrected chi connectivity index (χ1v) is 4.23. The molecule has 62 valence electrons. The van der Waals surface area contributed by atoms with E-state index in [1.807, 2.05) is 12.1 Å². The van der Waals surface area contributed by atoms with Crippen molar-refractivity contribution >= 4 is 15.9 Å². The monoisotopic (exact) mass is 227 g/mol. The van der Waals surface area contributed by atoms with Crippen molar-refractivity contribution in [3.63, 3.8) is 0 Å². The second-order valence-electron chi connectivity index (χ2n) is 2.29. The third-order valence-electron chi connectivity index (χ3n) is 1.48. The van der Waals surface area contributed by atoms with Gasteiger partial charge in [-0.25, -0.2) is 4.98 Å². The van der Waals surface area contributed by atoms with Crippen molar-refractivity contribution in [1.82, 2.24) is 4.98 Å². The Labute approximate surface area is 78.1 Å². The molecular weight excluding hydrogens is 222 g/mol. The summed E-state index contributed by atoms with van der Waals surface area (Å²) in [4.78, 5) is 4.00. The fourth-order valence-corrected chi connectivity index (χ4v) is 1.34. The number of ether oxygens (including phenoxy) is 2. The van der Waals surface area contributed by atoms with E-state index < -0.39 is 0 Å². The Balaban J connectivity index is 2.22. The van der Waals surface area contributed by atoms with Crippen molar-refractivity contribution in [1.29, 1.82) is 0 Å². The van der Waals surface area contributed by atoms with Crippen LogP contribution in [0.1, 0.15) is 11.9 Å². The topological polar surface area (TPSA) is 31.4 Å². The standard InChI is InChI=1S/C8H6BrNO2/c9-7-5-6(1-2-10-7)8-11-3-4-12-8/h1-5,8H. The Hall–Kier alpha value is -1.03. The van der Waals surface area contributed by atoms with Crippen molar-refractivity contribution in [2.45, 2.75) is 6.29 Å². The molecule has 1 aliphatic heterocycles. The molecule has 0 bridgehead atoms. The van der Waals surface area contributed by atoms with E-state index in [4.69, 9.17) is 9.47 Å². The van der Waals surface area contributed by atoms with Crippen molar-refractivity contribution in [2.75, 3.05) is 0 Å². The lowest BCUT2D eigenvalue weighted by molar-refractivity contribution is -0.0247. The van der Waals surface area contributed by atoms with E-state index in [9.17, 15) is 0 Å². The number of halogens is 1. The summed E-state index contributed by atoms with van der Waals surface area (Å²) in [5.74, 6) is 0. The van der Waals surface area contributed by atoms with Gasteiger partial charge in [-0.2, -0.15) is 0 Å². The van der Waals surface area contributed by atoms with Crippen LogP contribution in [-0.4, -0.2) is 4.98 Å². The van der Waals surface area contributed by atoms with Crippen LogP contribution in [0, 0.1) is 0 Å². The van der Waals surface area contributed by atoms with E-state index in [-0.39, 0.29) is 6.29 Å². The van der Waals surface area contributed by atoms with Gasteiger partial charge in [0.2, 0.25) is 0 Å². The Kier molecular flexibility index (Phi) is 1.99. The van der Waals surface area contributed by atoms with Gasteiger partial charge >= 0.3 is 0 Å². The molecule has 0 radical (unpaired) electrons. The molecule has 2 rings (SSSR count). The van der Waals surface area contributed by atoms with Crippen LogP contribution in [0.15, 0.2) is 35.5 Å². The number of aromatic nitrogens is 1. The molecule has 12 heavy (non-hydrogen) atoms. The number of nitrogens with zero attached hydrogens (tertiary/aromatic N) is 1. The SMILES string of the molecule is Brc1cc(C2OC=CO2)ccn1. The van der Waals surface area contributed by atoms with Gasteiger partial charge in [-0.15, -0.1) is 0 Å².